The molecule has 34 heteroatoms. The molecule has 25 N–H and O–H groups in total. The van der Waals surface area contributed by atoms with Crippen molar-refractivity contribution >= 4 is 177 Å². The Hall–Kier alpha value is -15.7. The Labute approximate surface area is 877 Å². The summed E-state index contributed by atoms with van der Waals surface area (Å²) >= 11 is 1.66. The number of nitrogens with zero attached hydrogens (tertiary/aromatic N) is 6. The molecule has 2 aromatic heterocycles. The molecule has 0 saturated carbocycles. The Morgan fingerprint density at radius 1 is 0.427 bits per heavy atom. The summed E-state index contributed by atoms with van der Waals surface area (Å²) in [6.45, 7) is 0.972. The number of hydrogen-bond acceptors (Lipinski definition) is 25. The molecular weight excluding hydrogens is 1890 g/mol. The predicted molar refractivity (Wildman–Crippen MR) is 555 cm³/mol. The third-order valence-electron chi connectivity index (χ3n) is 23.4. The molecule has 1 atom stereocenters. The number of carboxylic acids is 1. The van der Waals surface area contributed by atoms with Gasteiger partial charge in [0.15, 0.2) is 11.1 Å². The summed E-state index contributed by atoms with van der Waals surface area (Å²) in [4.78, 5) is 26.6. The number of aromatic nitrogens is 3. The number of aliphatic carboxylic acids is 1. The van der Waals surface area contributed by atoms with E-state index in [0.29, 0.717) is 44.9 Å². The van der Waals surface area contributed by atoms with Gasteiger partial charge in [0.25, 0.3) is 0 Å². The molecular formula is C109H91ClN20Na2O8S3. The van der Waals surface area contributed by atoms with Gasteiger partial charge in [-0.15, -0.1) is 21.6 Å². The van der Waals surface area contributed by atoms with Crippen LogP contribution in [-0.4, -0.2) is 64.3 Å². The Balaban J connectivity index is 0.000000161. The van der Waals surface area contributed by atoms with E-state index in [9.17, 15) is 25.9 Å². The smallest absolute Gasteiger partial charge is 1.00 e. The molecule has 0 saturated heterocycles. The molecule has 0 amide bonds. The first-order valence-electron chi connectivity index (χ1n) is 43.8. The SMILES string of the molecule is CC(=O)[O-].Nc1c(N=Nc2ccc(-c3ccc(N=Nc4cc(S(=O)(=O)[O-])c5ccccc5c4N)cc3)cc2)cc(S(=O)(=O)[O-])c2ccccc12.Nc1ccc(/C2=C3\C=CC(=N3)/C(c3ccc(N)cc3)=c3/cc/c([nH]3)=C(\c3ccc(N)cc3)C3C=C/C(=C(\c4ccc(N)cc4)c4ccc2[nH]4)N3)cc1.Nc1ccc(C(c2ccc(N)cc2)C2C=CC(=[NH2+])C=C2)cc1.Nc1ccc2nc3ccc(=[NH2+])cc-3sc2c1.[Cl-].[Na+].[Na+]. The number of benzene rings is 14. The number of hydrogen-bond donors (Lipinski definition) is 14. The van der Waals surface area contributed by atoms with Crippen LogP contribution in [0.15, 0.2) is 411 Å². The molecule has 0 spiro atoms. The second kappa shape index (κ2) is 44.8. The van der Waals surface area contributed by atoms with E-state index in [1.807, 2.05) is 170 Å². The van der Waals surface area contributed by atoms with Crippen molar-refractivity contribution < 1.29 is 118 Å². The monoisotopic (exact) mass is 1980 g/mol. The standard InChI is InChI=1S/C44H36N8.C32H24N6O6S2.C19H19N3.C12H9N3S.C2H4O2.ClH.2Na/c45-29-9-1-25(2-10-29)41-33-17-19-35(49-33)42(26-3-11-30(46)12-4-26)37-21-23-39(51-37)44(28-7-15-32(48)16-8-28)40-24-22-38(52-40)43(36-20-18-34(41)50-36)27-5-13-31(47)14-6-27;33-31-25-7-3-1-5-23(25)29(45(39,40)41)17-27(31)37-35-21-13-9-19(10-14-21)20-11-15-22(16-12-20)36-38-28-18-30(46(42,43)44)24-6-2-4-8-26(24)32(28)34;20-16-7-1-13(2-8-16)19(14-3-9-17(21)10-4-14)15-5-11-18(22)12-6-15;13-7-1-3-9-11(5-7)16-12-6-8(14)2-4-10(12)15-9;1-2(3)4;;;/h1-24,33,49-51H,45-48H2;1-18H,33-34H2,(H,39,40,41)(H,42,43,44);1-13,19-20H,21-22H2;1-6,13H,14H2;1H3,(H,3,4);1H;;/q;;;;;;2*+1/p-2/b41-34-,42-35-,43-36-,44-40-;;;;;;;. The average Bonchev–Trinajstić information content (AvgIpc) is 1.67. The second-order valence-corrected chi connectivity index (χ2v) is 36.9. The van der Waals surface area contributed by atoms with Crippen LogP contribution in [0, 0.1) is 5.92 Å². The number of nitrogens with two attached hydrogens (primary N) is 11. The number of carboxylic acid groups (broad SMARTS) is 1. The van der Waals surface area contributed by atoms with Gasteiger partial charge in [0.2, 0.25) is 0 Å². The molecule has 6 aliphatic rings. The molecule has 13 aromatic carbocycles. The number of H-pyrrole nitrogens is 2. The number of halogens is 1. The number of fused-ring (bicyclic) bond motifs is 11. The van der Waals surface area contributed by atoms with Gasteiger partial charge in [0, 0.05) is 154 Å². The van der Waals surface area contributed by atoms with Crippen LogP contribution in [0.2, 0.25) is 0 Å². The van der Waals surface area contributed by atoms with Gasteiger partial charge in [-0.1, -0.05) is 164 Å². The molecule has 4 aliphatic heterocycles. The van der Waals surface area contributed by atoms with Crippen molar-refractivity contribution in [3.8, 4) is 21.7 Å². The molecule has 21 rings (SSSR count). The number of azo groups is 2. The zero-order valence-electron chi connectivity index (χ0n) is 77.3. The van der Waals surface area contributed by atoms with Crippen molar-refractivity contribution in [2.75, 3.05) is 51.6 Å². The first-order chi connectivity index (χ1) is 67.4. The number of rotatable bonds is 14. The minimum absolute atomic E-state index is 0. The molecule has 1 unspecified atom stereocenters. The summed E-state index contributed by atoms with van der Waals surface area (Å²) in [5.41, 5.74) is 80.4. The largest absolute Gasteiger partial charge is 1.00 e. The zero-order chi connectivity index (χ0) is 98.2. The number of nitrogen functional groups attached to an aromatic ring is 9. The normalized spacial score (nSPS) is 15.4. The molecule has 0 fully saturated rings. The van der Waals surface area contributed by atoms with E-state index in [4.69, 9.17) is 77.3 Å². The number of allylic oxidation sites excluding steroid dienone is 7. The molecule has 15 aromatic rings. The molecule has 2 aliphatic carbocycles. The molecule has 28 nitrogen and oxygen atoms in total. The van der Waals surface area contributed by atoms with Gasteiger partial charge in [-0.05, 0) is 227 Å². The number of aromatic amines is 2. The fourth-order valence-electron chi connectivity index (χ4n) is 16.7. The fourth-order valence-corrected chi connectivity index (χ4v) is 19.2. The van der Waals surface area contributed by atoms with Crippen LogP contribution in [0.1, 0.15) is 57.6 Å². The summed E-state index contributed by atoms with van der Waals surface area (Å²) in [5, 5.41) is 44.8. The number of aliphatic imine (C=N–C) groups is 1. The minimum atomic E-state index is -4.78. The summed E-state index contributed by atoms with van der Waals surface area (Å²) in [6, 6.07) is 96.9. The van der Waals surface area contributed by atoms with E-state index >= 15 is 0 Å². The van der Waals surface area contributed by atoms with Gasteiger partial charge in [0.05, 0.1) is 70.8 Å². The fraction of sp³-hybridized carbons (Fsp3) is 0.0367. The zero-order valence-corrected chi connectivity index (χ0v) is 84.5. The Bertz CT molecular complexity index is 8210. The summed E-state index contributed by atoms with van der Waals surface area (Å²) < 4.78 is 72.3. The van der Waals surface area contributed by atoms with Crippen molar-refractivity contribution in [1.29, 1.82) is 0 Å². The maximum atomic E-state index is 11.9. The van der Waals surface area contributed by atoms with Crippen molar-refractivity contribution in [2.45, 2.75) is 28.7 Å². The first kappa shape index (κ1) is 103. The Kier molecular flexibility index (Phi) is 32.3. The Morgan fingerprint density at radius 3 is 1.32 bits per heavy atom. The molecule has 8 bridgehead atoms. The van der Waals surface area contributed by atoms with Crippen LogP contribution in [0.3, 0.4) is 0 Å². The summed E-state index contributed by atoms with van der Waals surface area (Å²) in [7, 11) is -9.57. The van der Waals surface area contributed by atoms with E-state index in [0.717, 1.165) is 163 Å². The topological polar surface area (TPSA) is 558 Å². The molecule has 0 radical (unpaired) electrons. The average molecular weight is 1990 g/mol. The van der Waals surface area contributed by atoms with E-state index in [1.54, 1.807) is 72.0 Å². The molecule has 143 heavy (non-hydrogen) atoms. The van der Waals surface area contributed by atoms with E-state index in [1.165, 1.54) is 23.3 Å². The van der Waals surface area contributed by atoms with Crippen molar-refractivity contribution in [1.82, 2.24) is 20.3 Å². The van der Waals surface area contributed by atoms with Crippen molar-refractivity contribution in [2.24, 2.45) is 31.4 Å². The third-order valence-corrected chi connectivity index (χ3v) is 26.3. The van der Waals surface area contributed by atoms with Crippen LogP contribution in [-0.2, 0) is 25.0 Å². The second-order valence-electron chi connectivity index (χ2n) is 33.1. The maximum Gasteiger partial charge on any atom is 1.00 e. The van der Waals surface area contributed by atoms with Crippen LogP contribution < -0.4 is 160 Å². The summed E-state index contributed by atoms with van der Waals surface area (Å²) in [6.07, 6.45) is 16.8. The predicted octanol–water partition coefficient (Wildman–Crippen LogP) is 5.64. The summed E-state index contributed by atoms with van der Waals surface area (Å²) in [5.74, 6) is -0.624. The maximum absolute atomic E-state index is 11.9. The van der Waals surface area contributed by atoms with Gasteiger partial charge >= 0.3 is 59.1 Å². The first-order valence-corrected chi connectivity index (χ1v) is 47.4. The van der Waals surface area contributed by atoms with E-state index < -0.39 is 36.0 Å². The minimum Gasteiger partial charge on any atom is -1.00 e. The van der Waals surface area contributed by atoms with Crippen LogP contribution in [0.25, 0.3) is 75.8 Å². The van der Waals surface area contributed by atoms with Gasteiger partial charge in [0.1, 0.15) is 31.6 Å². The molecule has 6 heterocycles. The third kappa shape index (κ3) is 24.1. The van der Waals surface area contributed by atoms with Crippen molar-refractivity contribution in [3.05, 3.63) is 436 Å². The van der Waals surface area contributed by atoms with Crippen molar-refractivity contribution in [3.63, 3.8) is 0 Å². The number of anilines is 9. The van der Waals surface area contributed by atoms with Crippen LogP contribution in [0.4, 0.5) is 73.9 Å². The van der Waals surface area contributed by atoms with E-state index in [-0.39, 0.29) is 123 Å². The number of carbonyl (C=O) groups is 1. The van der Waals surface area contributed by atoms with Gasteiger partial charge in [-0.25, -0.2) is 26.8 Å². The van der Waals surface area contributed by atoms with Gasteiger partial charge in [-0.3, -0.25) is 10.8 Å². The van der Waals surface area contributed by atoms with Crippen LogP contribution >= 0.6 is 11.3 Å². The Morgan fingerprint density at radius 2 is 0.846 bits per heavy atom. The van der Waals surface area contributed by atoms with Gasteiger partial charge in [-0.2, -0.15) is 10.2 Å². The number of nitrogens with one attached hydrogen (secondary N) is 3. The molecule has 702 valence electrons. The van der Waals surface area contributed by atoms with Crippen LogP contribution in [0.5, 0.6) is 0 Å². The number of carbonyl (C=O) groups excluding carboxylic acids is 1. The quantitative estimate of drug-likeness (QED) is 0.0206. The van der Waals surface area contributed by atoms with E-state index in [2.05, 4.69) is 150 Å². The van der Waals surface area contributed by atoms with Gasteiger partial charge < -0.3 is 98.3 Å².